The van der Waals surface area contributed by atoms with E-state index in [0.717, 1.165) is 12.1 Å². The van der Waals surface area contributed by atoms with Crippen molar-refractivity contribution in [3.05, 3.63) is 57.6 Å². The number of fused-ring (bicyclic) bond motifs is 1. The molecule has 3 rings (SSSR count). The van der Waals surface area contributed by atoms with E-state index in [1.54, 1.807) is 0 Å². The highest BCUT2D eigenvalue weighted by atomic mass is 79.9. The first kappa shape index (κ1) is 20.6. The second kappa shape index (κ2) is 7.03. The second-order valence-electron chi connectivity index (χ2n) is 5.80. The van der Waals surface area contributed by atoms with E-state index in [-0.39, 0.29) is 9.99 Å². The van der Waals surface area contributed by atoms with E-state index in [0.29, 0.717) is 22.8 Å². The van der Waals surface area contributed by atoms with Gasteiger partial charge < -0.3 is 16.2 Å². The topological polar surface area (TPSA) is 97.3 Å². The molecule has 0 aliphatic carbocycles. The molecule has 12 heteroatoms. The van der Waals surface area contributed by atoms with Gasteiger partial charge in [0.25, 0.3) is 5.91 Å². The number of nitrogens with one attached hydrogen (secondary N) is 1. The number of benzene rings is 2. The molecule has 0 atom stereocenters. The number of anilines is 1. The van der Waals surface area contributed by atoms with E-state index in [4.69, 9.17) is 5.73 Å². The molecule has 2 amide bonds. The number of nitrogens with zero attached hydrogens (tertiary/aromatic N) is 1. The number of carbonyl (C=O) groups is 2. The summed E-state index contributed by atoms with van der Waals surface area (Å²) in [5, 5.41) is 11.8. The first-order valence-corrected chi connectivity index (χ1v) is 8.41. The van der Waals surface area contributed by atoms with Crippen molar-refractivity contribution in [3.8, 4) is 5.88 Å². The average Bonchev–Trinajstić information content (AvgIpc) is 2.90. The van der Waals surface area contributed by atoms with E-state index in [2.05, 4.69) is 15.9 Å². The summed E-state index contributed by atoms with van der Waals surface area (Å²) in [4.78, 5) is 24.3. The molecule has 0 aliphatic rings. The van der Waals surface area contributed by atoms with Crippen LogP contribution in [0.5, 0.6) is 5.88 Å². The number of amides is 2. The lowest BCUT2D eigenvalue weighted by molar-refractivity contribution is -0.137. The predicted octanol–water partition coefficient (Wildman–Crippen LogP) is 4.59. The van der Waals surface area contributed by atoms with Gasteiger partial charge in [-0.3, -0.25) is 4.79 Å². The van der Waals surface area contributed by atoms with Crippen LogP contribution in [-0.2, 0) is 6.18 Å². The normalized spacial score (nSPS) is 11.7. The lowest BCUT2D eigenvalue weighted by Gasteiger charge is -2.09. The van der Waals surface area contributed by atoms with Crippen molar-refractivity contribution < 1.29 is 36.6 Å². The van der Waals surface area contributed by atoms with Crippen molar-refractivity contribution >= 4 is 44.5 Å². The Hall–Kier alpha value is -3.15. The highest BCUT2D eigenvalue weighted by Gasteiger charge is 2.34. The number of halogens is 6. The van der Waals surface area contributed by atoms with Gasteiger partial charge >= 0.3 is 12.2 Å². The van der Waals surface area contributed by atoms with Crippen molar-refractivity contribution in [2.45, 2.75) is 6.18 Å². The first-order valence-electron chi connectivity index (χ1n) is 7.62. The van der Waals surface area contributed by atoms with Crippen LogP contribution in [0.3, 0.4) is 0 Å². The van der Waals surface area contributed by atoms with E-state index >= 15 is 0 Å². The molecule has 4 N–H and O–H groups in total. The van der Waals surface area contributed by atoms with Crippen LogP contribution in [0, 0.1) is 11.6 Å². The van der Waals surface area contributed by atoms with Crippen LogP contribution in [0.15, 0.2) is 34.8 Å². The molecule has 0 bridgehead atoms. The van der Waals surface area contributed by atoms with E-state index in [9.17, 15) is 36.6 Å². The fourth-order valence-electron chi connectivity index (χ4n) is 2.74. The summed E-state index contributed by atoms with van der Waals surface area (Å²) in [5.41, 5.74) is 2.25. The van der Waals surface area contributed by atoms with Crippen molar-refractivity contribution in [1.29, 1.82) is 0 Å². The van der Waals surface area contributed by atoms with Gasteiger partial charge in [-0.25, -0.2) is 18.1 Å². The molecule has 0 spiro atoms. The largest absolute Gasteiger partial charge is 0.494 e. The average molecular weight is 478 g/mol. The zero-order valence-electron chi connectivity index (χ0n) is 13.9. The van der Waals surface area contributed by atoms with Crippen LogP contribution < -0.4 is 11.1 Å². The molecule has 0 saturated heterocycles. The number of carbonyl (C=O) groups excluding carboxylic acids is 2. The molecule has 3 aromatic rings. The fraction of sp³-hybridized carbons (Fsp3) is 0.0588. The lowest BCUT2D eigenvalue weighted by Crippen LogP contribution is -2.19. The molecule has 0 fully saturated rings. The van der Waals surface area contributed by atoms with Gasteiger partial charge in [-0.15, -0.1) is 0 Å². The molecule has 1 aromatic heterocycles. The van der Waals surface area contributed by atoms with E-state index in [1.165, 1.54) is 0 Å². The molecule has 0 radical (unpaired) electrons. The summed E-state index contributed by atoms with van der Waals surface area (Å²) in [7, 11) is 0. The summed E-state index contributed by atoms with van der Waals surface area (Å²) < 4.78 is 66.7. The Labute approximate surface area is 166 Å². The zero-order valence-corrected chi connectivity index (χ0v) is 15.5. The highest BCUT2D eigenvalue weighted by Crippen LogP contribution is 2.40. The number of hydrogen-bond acceptors (Lipinski definition) is 3. The van der Waals surface area contributed by atoms with Crippen molar-refractivity contribution in [1.82, 2.24) is 4.57 Å². The molecule has 1 heterocycles. The van der Waals surface area contributed by atoms with Gasteiger partial charge in [0.2, 0.25) is 5.88 Å². The van der Waals surface area contributed by atoms with Gasteiger partial charge in [0, 0.05) is 15.9 Å². The molecular weight excluding hydrogens is 469 g/mol. The highest BCUT2D eigenvalue weighted by molar-refractivity contribution is 9.10. The third kappa shape index (κ3) is 3.62. The summed E-state index contributed by atoms with van der Waals surface area (Å²) in [5.74, 6) is -4.28. The van der Waals surface area contributed by atoms with Gasteiger partial charge in [0.05, 0.1) is 16.8 Å². The van der Waals surface area contributed by atoms with Crippen LogP contribution in [0.25, 0.3) is 10.9 Å². The molecule has 2 aromatic carbocycles. The Morgan fingerprint density at radius 3 is 2.38 bits per heavy atom. The summed E-state index contributed by atoms with van der Waals surface area (Å²) in [6.45, 7) is 0. The molecule has 152 valence electrons. The van der Waals surface area contributed by atoms with Gasteiger partial charge in [-0.1, -0.05) is 0 Å². The van der Waals surface area contributed by atoms with Crippen LogP contribution in [0.4, 0.5) is 32.4 Å². The van der Waals surface area contributed by atoms with E-state index in [1.807, 2.05) is 5.32 Å². The number of aromatic nitrogens is 1. The fourth-order valence-corrected chi connectivity index (χ4v) is 3.37. The lowest BCUT2D eigenvalue weighted by atomic mass is 10.1. The first-order chi connectivity index (χ1) is 13.4. The Kier molecular flexibility index (Phi) is 4.99. The van der Waals surface area contributed by atoms with Crippen LogP contribution in [-0.4, -0.2) is 21.6 Å². The minimum atomic E-state index is -4.82. The Bertz CT molecular complexity index is 1170. The second-order valence-corrected chi connectivity index (χ2v) is 6.66. The smallest absolute Gasteiger partial charge is 0.416 e. The number of primary amides is 1. The Morgan fingerprint density at radius 2 is 1.79 bits per heavy atom. The van der Waals surface area contributed by atoms with E-state index < -0.39 is 57.8 Å². The van der Waals surface area contributed by atoms with Gasteiger partial charge in [0.1, 0.15) is 17.2 Å². The summed E-state index contributed by atoms with van der Waals surface area (Å²) >= 11 is 2.86. The maximum atomic E-state index is 13.8. The van der Waals surface area contributed by atoms with Crippen LogP contribution in [0.2, 0.25) is 0 Å². The van der Waals surface area contributed by atoms with Gasteiger partial charge in [-0.05, 0) is 40.2 Å². The van der Waals surface area contributed by atoms with Crippen molar-refractivity contribution in [2.75, 3.05) is 5.32 Å². The number of alkyl halides is 3. The van der Waals surface area contributed by atoms with Crippen LogP contribution >= 0.6 is 15.9 Å². The number of aromatic hydroxyl groups is 1. The summed E-state index contributed by atoms with van der Waals surface area (Å²) in [6.07, 6.45) is -4.82. The van der Waals surface area contributed by atoms with Crippen molar-refractivity contribution in [3.63, 3.8) is 0 Å². The predicted molar refractivity (Wildman–Crippen MR) is 95.6 cm³/mol. The quantitative estimate of drug-likeness (QED) is 0.471. The monoisotopic (exact) mass is 477 g/mol. The molecular formula is C17H9BrF5N3O3. The minimum absolute atomic E-state index is 0.285. The molecule has 0 saturated carbocycles. The van der Waals surface area contributed by atoms with Gasteiger partial charge in [0.15, 0.2) is 0 Å². The number of rotatable bonds is 2. The maximum absolute atomic E-state index is 13.8. The molecule has 0 unspecified atom stereocenters. The zero-order chi connectivity index (χ0) is 21.7. The molecule has 29 heavy (non-hydrogen) atoms. The SMILES string of the molecule is NC(=O)n1c(O)c(C(=O)Nc2cc(F)ccc2F)c2cc(C(F)(F)F)cc(Br)c21. The van der Waals surface area contributed by atoms with Gasteiger partial charge in [-0.2, -0.15) is 13.2 Å². The number of hydrogen-bond donors (Lipinski definition) is 3. The standard InChI is InChI=1S/C17H9BrF5N3O3/c18-9-4-6(17(21,22)23)3-8-12(15(28)26(13(8)9)16(24)29)14(27)25-11-5-7(19)1-2-10(11)20/h1-5,28H,(H2,24,29)(H,25,27). The third-order valence-corrected chi connectivity index (χ3v) is 4.55. The van der Waals surface area contributed by atoms with Crippen LogP contribution in [0.1, 0.15) is 15.9 Å². The minimum Gasteiger partial charge on any atom is -0.494 e. The number of nitrogens with two attached hydrogens (primary N) is 1. The Morgan fingerprint density at radius 1 is 1.14 bits per heavy atom. The molecule has 6 nitrogen and oxygen atoms in total. The Balaban J connectivity index is 2.27. The molecule has 0 aliphatic heterocycles. The maximum Gasteiger partial charge on any atom is 0.416 e. The third-order valence-electron chi connectivity index (χ3n) is 3.94. The summed E-state index contributed by atoms with van der Waals surface area (Å²) in [6, 6.07) is 2.01. The van der Waals surface area contributed by atoms with Crippen molar-refractivity contribution in [2.24, 2.45) is 5.73 Å².